The second kappa shape index (κ2) is 10.1. The Kier molecular flexibility index (Phi) is 6.93. The van der Waals surface area contributed by atoms with E-state index < -0.39 is 17.7 Å². The zero-order chi connectivity index (χ0) is 24.2. The summed E-state index contributed by atoms with van der Waals surface area (Å²) in [6.45, 7) is 4.69. The van der Waals surface area contributed by atoms with Crippen LogP contribution < -0.4 is 9.47 Å². The second-order valence-electron chi connectivity index (χ2n) is 7.58. The van der Waals surface area contributed by atoms with E-state index in [1.807, 2.05) is 13.8 Å². The lowest BCUT2D eigenvalue weighted by atomic mass is 9.95. The number of hydrogen-bond acceptors (Lipinski definition) is 6. The third-order valence-corrected chi connectivity index (χ3v) is 5.79. The van der Waals surface area contributed by atoms with Gasteiger partial charge in [-0.15, -0.1) is 0 Å². The number of ketones is 1. The van der Waals surface area contributed by atoms with Crippen LogP contribution in [-0.2, 0) is 16.1 Å². The van der Waals surface area contributed by atoms with Gasteiger partial charge in [-0.3, -0.25) is 9.59 Å². The first-order valence-corrected chi connectivity index (χ1v) is 11.3. The smallest absolute Gasteiger partial charge is 0.296 e. The topological polar surface area (TPSA) is 89.2 Å². The highest BCUT2D eigenvalue weighted by Gasteiger charge is 2.46. The van der Waals surface area contributed by atoms with E-state index in [9.17, 15) is 14.7 Å². The second-order valence-corrected chi connectivity index (χ2v) is 7.99. The Morgan fingerprint density at radius 2 is 1.71 bits per heavy atom. The first-order chi connectivity index (χ1) is 16.4. The maximum Gasteiger partial charge on any atom is 0.296 e. The summed E-state index contributed by atoms with van der Waals surface area (Å²) in [5, 5.41) is 11.5. The number of benzene rings is 2. The predicted octanol–water partition coefficient (Wildman–Crippen LogP) is 5.35. The van der Waals surface area contributed by atoms with Crippen LogP contribution in [0.1, 0.15) is 36.8 Å². The van der Waals surface area contributed by atoms with E-state index >= 15 is 0 Å². The van der Waals surface area contributed by atoms with Gasteiger partial charge in [0.2, 0.25) is 0 Å². The van der Waals surface area contributed by atoms with Crippen molar-refractivity contribution >= 4 is 29.1 Å². The molecule has 1 fully saturated rings. The minimum atomic E-state index is -0.854. The van der Waals surface area contributed by atoms with Gasteiger partial charge in [0, 0.05) is 5.56 Å². The monoisotopic (exact) mass is 481 g/mol. The van der Waals surface area contributed by atoms with Crippen LogP contribution in [0.4, 0.5) is 0 Å². The summed E-state index contributed by atoms with van der Waals surface area (Å²) in [6.07, 6.45) is 1.50. The van der Waals surface area contributed by atoms with Gasteiger partial charge in [0.1, 0.15) is 23.0 Å². The molecular formula is C26H24ClNO6. The number of carbonyl (C=O) groups excluding carboxylic acids is 2. The Balaban J connectivity index is 1.85. The van der Waals surface area contributed by atoms with Gasteiger partial charge < -0.3 is 23.9 Å². The number of aliphatic hydroxyl groups is 1. The fourth-order valence-corrected chi connectivity index (χ4v) is 4.17. The molecule has 1 unspecified atom stereocenters. The van der Waals surface area contributed by atoms with Gasteiger partial charge in [-0.2, -0.15) is 0 Å². The molecule has 0 aliphatic carbocycles. The highest BCUT2D eigenvalue weighted by atomic mass is 35.5. The zero-order valence-corrected chi connectivity index (χ0v) is 19.5. The van der Waals surface area contributed by atoms with Crippen molar-refractivity contribution in [3.05, 3.63) is 88.3 Å². The molecule has 176 valence electrons. The zero-order valence-electron chi connectivity index (χ0n) is 18.8. The summed E-state index contributed by atoms with van der Waals surface area (Å²) in [5.41, 5.74) is 0.781. The molecular weight excluding hydrogens is 458 g/mol. The van der Waals surface area contributed by atoms with E-state index in [4.69, 9.17) is 25.5 Å². The van der Waals surface area contributed by atoms with Crippen LogP contribution >= 0.6 is 11.6 Å². The summed E-state index contributed by atoms with van der Waals surface area (Å²) >= 11 is 6.36. The molecule has 0 radical (unpaired) electrons. The van der Waals surface area contributed by atoms with Crippen molar-refractivity contribution in [2.75, 3.05) is 13.2 Å². The van der Waals surface area contributed by atoms with E-state index in [1.165, 1.54) is 11.2 Å². The number of Topliss-reactive ketones (excluding diaryl/α,β-unsaturated/α-hetero) is 1. The Bertz CT molecular complexity index is 1220. The number of halogens is 1. The van der Waals surface area contributed by atoms with Crippen molar-refractivity contribution in [2.45, 2.75) is 26.4 Å². The first kappa shape index (κ1) is 23.4. The van der Waals surface area contributed by atoms with Crippen LogP contribution in [0.25, 0.3) is 5.76 Å². The molecule has 1 amide bonds. The molecule has 8 heteroatoms. The summed E-state index contributed by atoms with van der Waals surface area (Å²) in [6, 6.07) is 14.4. The van der Waals surface area contributed by atoms with Gasteiger partial charge in [0.25, 0.3) is 11.7 Å². The minimum Gasteiger partial charge on any atom is -0.507 e. The molecule has 3 aromatic rings. The maximum absolute atomic E-state index is 13.2. The number of amides is 1. The van der Waals surface area contributed by atoms with E-state index in [0.29, 0.717) is 36.0 Å². The summed E-state index contributed by atoms with van der Waals surface area (Å²) < 4.78 is 16.5. The van der Waals surface area contributed by atoms with E-state index in [-0.39, 0.29) is 28.5 Å². The summed E-state index contributed by atoms with van der Waals surface area (Å²) in [7, 11) is 0. The molecule has 1 aliphatic rings. The van der Waals surface area contributed by atoms with Gasteiger partial charge in [-0.25, -0.2) is 0 Å². The Labute approximate surface area is 202 Å². The standard InChI is InChI=1S/C26H24ClNO6/c1-3-32-17-9-7-16(8-10-17)23-22(24(29)20-14-18(33-4-2)11-12-21(20)27)25(30)26(31)28(23)15-19-6-5-13-34-19/h5-14,23,29H,3-4,15H2,1-2H3/b24-22+. The molecule has 1 N–H and O–H groups in total. The number of aliphatic hydroxyl groups excluding tert-OH is 1. The van der Waals surface area contributed by atoms with Crippen molar-refractivity contribution in [3.63, 3.8) is 0 Å². The number of likely N-dealkylation sites (tertiary alicyclic amines) is 1. The predicted molar refractivity (Wildman–Crippen MR) is 127 cm³/mol. The number of nitrogens with zero attached hydrogens (tertiary/aromatic N) is 1. The fourth-order valence-electron chi connectivity index (χ4n) is 3.96. The Morgan fingerprint density at radius 1 is 1.03 bits per heavy atom. The van der Waals surface area contributed by atoms with Crippen molar-refractivity contribution in [1.29, 1.82) is 0 Å². The average Bonchev–Trinajstić information content (AvgIpc) is 3.43. The normalized spacial score (nSPS) is 17.3. The van der Waals surface area contributed by atoms with Crippen molar-refractivity contribution in [1.82, 2.24) is 4.90 Å². The van der Waals surface area contributed by atoms with Crippen LogP contribution in [0.5, 0.6) is 11.5 Å². The largest absolute Gasteiger partial charge is 0.507 e. The molecule has 1 aliphatic heterocycles. The van der Waals surface area contributed by atoms with Gasteiger partial charge in [0.15, 0.2) is 0 Å². The lowest BCUT2D eigenvalue weighted by Gasteiger charge is -2.24. The van der Waals surface area contributed by atoms with E-state index in [1.54, 1.807) is 54.6 Å². The number of hydrogen-bond donors (Lipinski definition) is 1. The van der Waals surface area contributed by atoms with E-state index in [0.717, 1.165) is 0 Å². The van der Waals surface area contributed by atoms with Gasteiger partial charge in [-0.05, 0) is 61.9 Å². The van der Waals surface area contributed by atoms with Crippen molar-refractivity contribution in [3.8, 4) is 11.5 Å². The third kappa shape index (κ3) is 4.52. The lowest BCUT2D eigenvalue weighted by Crippen LogP contribution is -2.29. The van der Waals surface area contributed by atoms with Crippen LogP contribution in [-0.4, -0.2) is 34.9 Å². The van der Waals surface area contributed by atoms with Crippen LogP contribution in [0.15, 0.2) is 70.9 Å². The van der Waals surface area contributed by atoms with Crippen LogP contribution in [0, 0.1) is 0 Å². The highest BCUT2D eigenvalue weighted by Crippen LogP contribution is 2.42. The molecule has 4 rings (SSSR count). The molecule has 0 bridgehead atoms. The first-order valence-electron chi connectivity index (χ1n) is 10.9. The van der Waals surface area contributed by atoms with Crippen LogP contribution in [0.2, 0.25) is 5.02 Å². The molecule has 1 saturated heterocycles. The number of ether oxygens (including phenoxy) is 2. The number of carbonyl (C=O) groups is 2. The molecule has 1 aromatic heterocycles. The van der Waals surface area contributed by atoms with Crippen molar-refractivity contribution in [2.24, 2.45) is 0 Å². The Hall–Kier alpha value is -3.71. The molecule has 7 nitrogen and oxygen atoms in total. The fraction of sp³-hybridized carbons (Fsp3) is 0.231. The summed E-state index contributed by atoms with van der Waals surface area (Å²) in [4.78, 5) is 27.7. The lowest BCUT2D eigenvalue weighted by molar-refractivity contribution is -0.140. The van der Waals surface area contributed by atoms with Gasteiger partial charge >= 0.3 is 0 Å². The van der Waals surface area contributed by atoms with Gasteiger partial charge in [0.05, 0.1) is 42.7 Å². The molecule has 0 saturated carbocycles. The minimum absolute atomic E-state index is 0.0545. The Morgan fingerprint density at radius 3 is 2.35 bits per heavy atom. The molecule has 0 spiro atoms. The van der Waals surface area contributed by atoms with Crippen LogP contribution in [0.3, 0.4) is 0 Å². The average molecular weight is 482 g/mol. The highest BCUT2D eigenvalue weighted by molar-refractivity contribution is 6.47. The molecule has 1 atom stereocenters. The van der Waals surface area contributed by atoms with Crippen molar-refractivity contribution < 1.29 is 28.6 Å². The SMILES string of the molecule is CCOc1ccc(C2/C(=C(\O)c3cc(OCC)ccc3Cl)C(=O)C(=O)N2Cc2ccco2)cc1. The quantitative estimate of drug-likeness (QED) is 0.265. The number of rotatable bonds is 8. The maximum atomic E-state index is 13.2. The van der Waals surface area contributed by atoms with Gasteiger partial charge in [-0.1, -0.05) is 23.7 Å². The molecule has 2 heterocycles. The number of furan rings is 1. The molecule has 34 heavy (non-hydrogen) atoms. The third-order valence-electron chi connectivity index (χ3n) is 5.46. The molecule has 2 aromatic carbocycles. The summed E-state index contributed by atoms with van der Waals surface area (Å²) in [5.74, 6) is -0.271. The van der Waals surface area contributed by atoms with E-state index in [2.05, 4.69) is 0 Å².